The van der Waals surface area contributed by atoms with E-state index in [0.29, 0.717) is 19.6 Å². The Balaban J connectivity index is 2.14. The number of likely N-dealkylation sites (N-methyl/N-ethyl adjacent to an activating group) is 1. The van der Waals surface area contributed by atoms with Gasteiger partial charge in [0.05, 0.1) is 6.42 Å². The van der Waals surface area contributed by atoms with E-state index in [4.69, 9.17) is 5.84 Å². The molecule has 0 bridgehead atoms. The number of hydrogen-bond acceptors (Lipinski definition) is 4. The van der Waals surface area contributed by atoms with E-state index >= 15 is 0 Å². The van der Waals surface area contributed by atoms with E-state index in [2.05, 4.69) is 5.43 Å². The molecule has 3 N–H and O–H groups in total. The molecule has 0 aromatic heterocycles. The molecule has 0 saturated carbocycles. The van der Waals surface area contributed by atoms with Crippen LogP contribution in [0.15, 0.2) is 24.3 Å². The summed E-state index contributed by atoms with van der Waals surface area (Å²) in [5, 5.41) is 0. The van der Waals surface area contributed by atoms with Gasteiger partial charge >= 0.3 is 11.8 Å². The van der Waals surface area contributed by atoms with Crippen molar-refractivity contribution >= 4 is 17.7 Å². The summed E-state index contributed by atoms with van der Waals surface area (Å²) in [6, 6.07) is 7.31. The van der Waals surface area contributed by atoms with Gasteiger partial charge in [0.25, 0.3) is 0 Å². The van der Waals surface area contributed by atoms with Gasteiger partial charge in [0.1, 0.15) is 0 Å². The van der Waals surface area contributed by atoms with Gasteiger partial charge in [-0.3, -0.25) is 19.8 Å². The highest BCUT2D eigenvalue weighted by Crippen LogP contribution is 2.15. The Hall–Kier alpha value is -2.41. The van der Waals surface area contributed by atoms with Crippen LogP contribution >= 0.6 is 0 Å². The summed E-state index contributed by atoms with van der Waals surface area (Å²) >= 11 is 0. The van der Waals surface area contributed by atoms with Crippen molar-refractivity contribution in [1.29, 1.82) is 0 Å². The summed E-state index contributed by atoms with van der Waals surface area (Å²) < 4.78 is 0. The topological polar surface area (TPSA) is 95.7 Å². The average molecular weight is 290 g/mol. The molecule has 7 heteroatoms. The third-order valence-corrected chi connectivity index (χ3v) is 3.51. The monoisotopic (exact) mass is 290 g/mol. The van der Waals surface area contributed by atoms with Crippen molar-refractivity contribution in [2.24, 2.45) is 5.84 Å². The zero-order chi connectivity index (χ0) is 15.4. The number of nitrogens with zero attached hydrogens (tertiary/aromatic N) is 2. The standard InChI is InChI=1S/C14H18N4O3/c1-17-6-7-18(14(21)13(17)20)9-11-5-3-2-4-10(11)8-12(19)16-15/h2-5H,6-9,15H2,1H3,(H,16,19). The lowest BCUT2D eigenvalue weighted by Gasteiger charge is -2.31. The third-order valence-electron chi connectivity index (χ3n) is 3.51. The Morgan fingerprint density at radius 2 is 1.86 bits per heavy atom. The van der Waals surface area contributed by atoms with Crippen LogP contribution in [-0.4, -0.2) is 47.7 Å². The zero-order valence-electron chi connectivity index (χ0n) is 11.8. The molecule has 1 aliphatic heterocycles. The number of carbonyl (C=O) groups excluding carboxylic acids is 3. The van der Waals surface area contributed by atoms with Gasteiger partial charge in [-0.15, -0.1) is 0 Å². The fourth-order valence-electron chi connectivity index (χ4n) is 2.24. The predicted molar refractivity (Wildman–Crippen MR) is 75.5 cm³/mol. The van der Waals surface area contributed by atoms with Crippen LogP contribution in [0.3, 0.4) is 0 Å². The molecule has 3 amide bonds. The van der Waals surface area contributed by atoms with Gasteiger partial charge in [-0.05, 0) is 11.1 Å². The van der Waals surface area contributed by atoms with Crippen molar-refractivity contribution in [2.45, 2.75) is 13.0 Å². The fraction of sp³-hybridized carbons (Fsp3) is 0.357. The minimum absolute atomic E-state index is 0.141. The molecule has 21 heavy (non-hydrogen) atoms. The molecular weight excluding hydrogens is 272 g/mol. The maximum atomic E-state index is 12.0. The Kier molecular flexibility index (Phi) is 4.54. The minimum atomic E-state index is -0.512. The van der Waals surface area contributed by atoms with Gasteiger partial charge in [-0.2, -0.15) is 0 Å². The second-order valence-corrected chi connectivity index (χ2v) is 4.97. The second-order valence-electron chi connectivity index (χ2n) is 4.97. The Morgan fingerprint density at radius 3 is 2.52 bits per heavy atom. The van der Waals surface area contributed by atoms with Crippen molar-refractivity contribution in [3.05, 3.63) is 35.4 Å². The van der Waals surface area contributed by atoms with Crippen molar-refractivity contribution in [3.63, 3.8) is 0 Å². The second kappa shape index (κ2) is 6.36. The summed E-state index contributed by atoms with van der Waals surface area (Å²) in [5.41, 5.74) is 3.72. The van der Waals surface area contributed by atoms with Crippen molar-refractivity contribution < 1.29 is 14.4 Å². The van der Waals surface area contributed by atoms with Crippen LogP contribution in [0.1, 0.15) is 11.1 Å². The van der Waals surface area contributed by atoms with Crippen LogP contribution in [0.2, 0.25) is 0 Å². The van der Waals surface area contributed by atoms with Gasteiger partial charge in [-0.1, -0.05) is 24.3 Å². The van der Waals surface area contributed by atoms with Crippen molar-refractivity contribution in [2.75, 3.05) is 20.1 Å². The number of nitrogens with one attached hydrogen (secondary N) is 1. The number of hydrogen-bond donors (Lipinski definition) is 2. The molecule has 0 aliphatic carbocycles. The van der Waals surface area contributed by atoms with E-state index in [1.165, 1.54) is 9.80 Å². The number of hydrazine groups is 1. The van der Waals surface area contributed by atoms with Gasteiger partial charge in [0, 0.05) is 26.7 Å². The van der Waals surface area contributed by atoms with Gasteiger partial charge in [0.15, 0.2) is 0 Å². The molecule has 0 unspecified atom stereocenters. The highest BCUT2D eigenvalue weighted by Gasteiger charge is 2.30. The maximum Gasteiger partial charge on any atom is 0.312 e. The molecule has 2 rings (SSSR count). The first-order chi connectivity index (χ1) is 10.0. The molecule has 1 heterocycles. The van der Waals surface area contributed by atoms with Crippen LogP contribution < -0.4 is 11.3 Å². The molecule has 0 spiro atoms. The average Bonchev–Trinajstić information content (AvgIpc) is 2.49. The number of benzene rings is 1. The Morgan fingerprint density at radius 1 is 1.19 bits per heavy atom. The first-order valence-electron chi connectivity index (χ1n) is 6.63. The maximum absolute atomic E-state index is 12.0. The number of rotatable bonds is 4. The molecule has 1 aromatic rings. The van der Waals surface area contributed by atoms with Crippen LogP contribution in [0.4, 0.5) is 0 Å². The molecule has 1 saturated heterocycles. The first kappa shape index (κ1) is 15.0. The van der Waals surface area contributed by atoms with Gasteiger partial charge in [-0.25, -0.2) is 5.84 Å². The van der Waals surface area contributed by atoms with Crippen LogP contribution in [0.5, 0.6) is 0 Å². The summed E-state index contributed by atoms with van der Waals surface area (Å²) in [6.07, 6.45) is 0.141. The molecular formula is C14H18N4O3. The lowest BCUT2D eigenvalue weighted by atomic mass is 10.0. The smallest absolute Gasteiger partial charge is 0.312 e. The summed E-state index contributed by atoms with van der Waals surface area (Å²) in [4.78, 5) is 38.0. The zero-order valence-corrected chi connectivity index (χ0v) is 11.8. The highest BCUT2D eigenvalue weighted by molar-refractivity contribution is 6.35. The Labute approximate surface area is 122 Å². The molecule has 1 aliphatic rings. The normalized spacial score (nSPS) is 15.3. The van der Waals surface area contributed by atoms with E-state index in [1.807, 2.05) is 24.3 Å². The van der Waals surface area contributed by atoms with E-state index in [1.54, 1.807) is 7.05 Å². The quantitative estimate of drug-likeness (QED) is 0.322. The lowest BCUT2D eigenvalue weighted by molar-refractivity contribution is -0.155. The highest BCUT2D eigenvalue weighted by atomic mass is 16.2. The number of piperazine rings is 1. The van der Waals surface area contributed by atoms with Crippen LogP contribution in [0, 0.1) is 0 Å². The summed E-state index contributed by atoms with van der Waals surface area (Å²) in [6.45, 7) is 1.31. The Bertz CT molecular complexity index is 573. The van der Waals surface area contributed by atoms with Gasteiger partial charge in [0.2, 0.25) is 5.91 Å². The third kappa shape index (κ3) is 3.38. The molecule has 112 valence electrons. The summed E-state index contributed by atoms with van der Waals surface area (Å²) in [5.74, 6) is 3.78. The molecule has 1 aromatic carbocycles. The number of nitrogens with two attached hydrogens (primary N) is 1. The van der Waals surface area contributed by atoms with E-state index in [0.717, 1.165) is 11.1 Å². The van der Waals surface area contributed by atoms with E-state index in [9.17, 15) is 14.4 Å². The van der Waals surface area contributed by atoms with Gasteiger partial charge < -0.3 is 9.80 Å². The first-order valence-corrected chi connectivity index (χ1v) is 6.63. The van der Waals surface area contributed by atoms with Crippen LogP contribution in [-0.2, 0) is 27.3 Å². The number of amides is 3. The molecule has 7 nitrogen and oxygen atoms in total. The van der Waals surface area contributed by atoms with Crippen LogP contribution in [0.25, 0.3) is 0 Å². The van der Waals surface area contributed by atoms with Crippen molar-refractivity contribution in [1.82, 2.24) is 15.2 Å². The SMILES string of the molecule is CN1CCN(Cc2ccccc2CC(=O)NN)C(=O)C1=O. The molecule has 1 fully saturated rings. The minimum Gasteiger partial charge on any atom is -0.336 e. The largest absolute Gasteiger partial charge is 0.336 e. The number of carbonyl (C=O) groups is 3. The lowest BCUT2D eigenvalue weighted by Crippen LogP contribution is -2.52. The predicted octanol–water partition coefficient (Wildman–Crippen LogP) is -0.980. The fourth-order valence-corrected chi connectivity index (χ4v) is 2.24. The molecule has 0 radical (unpaired) electrons. The van der Waals surface area contributed by atoms with Crippen molar-refractivity contribution in [3.8, 4) is 0 Å². The van der Waals surface area contributed by atoms with E-state index < -0.39 is 11.8 Å². The summed E-state index contributed by atoms with van der Waals surface area (Å²) in [7, 11) is 1.61. The van der Waals surface area contributed by atoms with E-state index in [-0.39, 0.29) is 12.3 Å². The molecule has 0 atom stereocenters.